The van der Waals surface area contributed by atoms with Crippen molar-refractivity contribution >= 4 is 21.1 Å². The zero-order valence-corrected chi connectivity index (χ0v) is 8.36. The van der Waals surface area contributed by atoms with Crippen molar-refractivity contribution in [2.45, 2.75) is 0 Å². The maximum atomic E-state index is 9.19. The molecule has 0 saturated carbocycles. The molecule has 76 valence electrons. The van der Waals surface area contributed by atoms with Gasteiger partial charge in [-0.25, -0.2) is 0 Å². The van der Waals surface area contributed by atoms with Gasteiger partial charge in [-0.15, -0.1) is 0 Å². The van der Waals surface area contributed by atoms with Gasteiger partial charge in [0.1, 0.15) is 5.58 Å². The lowest BCUT2D eigenvalue weighted by Crippen LogP contribution is -1.88. The molecule has 1 heterocycles. The maximum Gasteiger partial charge on any atom is 0.261 e. The fraction of sp³-hybridized carbons (Fsp3) is 0.111. The van der Waals surface area contributed by atoms with E-state index < -0.39 is 10.1 Å². The Labute approximate surface area is 81.9 Å². The van der Waals surface area contributed by atoms with E-state index in [9.17, 15) is 8.42 Å². The van der Waals surface area contributed by atoms with Crippen LogP contribution in [0.3, 0.4) is 0 Å². The second-order valence-electron chi connectivity index (χ2n) is 2.69. The maximum absolute atomic E-state index is 9.19. The minimum absolute atomic E-state index is 0.715. The van der Waals surface area contributed by atoms with E-state index in [1.165, 1.54) is 0 Å². The lowest BCUT2D eigenvalue weighted by Gasteiger charge is -1.81. The van der Waals surface area contributed by atoms with E-state index >= 15 is 0 Å². The molecular weight excluding hydrogens is 204 g/mol. The van der Waals surface area contributed by atoms with Crippen molar-refractivity contribution in [3.63, 3.8) is 0 Å². The van der Waals surface area contributed by atoms with Gasteiger partial charge in [-0.1, -0.05) is 18.2 Å². The summed E-state index contributed by atoms with van der Waals surface area (Å²) in [5.74, 6) is 0. The number of hydrogen-bond donors (Lipinski definition) is 1. The molecule has 0 fully saturated rings. The van der Waals surface area contributed by atoms with Crippen molar-refractivity contribution in [2.24, 2.45) is 0 Å². The van der Waals surface area contributed by atoms with Crippen molar-refractivity contribution in [3.8, 4) is 0 Å². The minimum atomic E-state index is -3.67. The lowest BCUT2D eigenvalue weighted by molar-refractivity contribution is 0.490. The Balaban J connectivity index is 0.000000171. The number of benzene rings is 1. The second kappa shape index (κ2) is 4.26. The van der Waals surface area contributed by atoms with Gasteiger partial charge in [0.05, 0.1) is 12.5 Å². The summed E-state index contributed by atoms with van der Waals surface area (Å²) in [6, 6.07) is 9.90. The van der Waals surface area contributed by atoms with Crippen molar-refractivity contribution in [3.05, 3.63) is 36.6 Å². The van der Waals surface area contributed by atoms with Crippen LogP contribution >= 0.6 is 0 Å². The first-order chi connectivity index (χ1) is 6.47. The molecule has 0 aliphatic heterocycles. The molecule has 1 N–H and O–H groups in total. The summed E-state index contributed by atoms with van der Waals surface area (Å²) < 4.78 is 31.0. The first-order valence-corrected chi connectivity index (χ1v) is 5.66. The van der Waals surface area contributed by atoms with Crippen LogP contribution in [0.25, 0.3) is 11.0 Å². The third-order valence-electron chi connectivity index (χ3n) is 1.36. The predicted molar refractivity (Wildman–Crippen MR) is 53.7 cm³/mol. The summed E-state index contributed by atoms with van der Waals surface area (Å²) in [5, 5.41) is 1.16. The molecule has 1 aromatic heterocycles. The van der Waals surface area contributed by atoms with Crippen LogP contribution in [0.4, 0.5) is 0 Å². The van der Waals surface area contributed by atoms with Crippen molar-refractivity contribution in [1.29, 1.82) is 0 Å². The summed E-state index contributed by atoms with van der Waals surface area (Å²) in [5.41, 5.74) is 0.956. The van der Waals surface area contributed by atoms with Gasteiger partial charge >= 0.3 is 0 Å². The third kappa shape index (κ3) is 4.06. The molecular formula is C9H10O4S. The summed E-state index contributed by atoms with van der Waals surface area (Å²) in [7, 11) is -3.67. The summed E-state index contributed by atoms with van der Waals surface area (Å²) >= 11 is 0. The Morgan fingerprint density at radius 1 is 1.21 bits per heavy atom. The molecule has 0 saturated heterocycles. The number of hydrogen-bond acceptors (Lipinski definition) is 3. The van der Waals surface area contributed by atoms with Crippen LogP contribution in [-0.2, 0) is 10.1 Å². The molecule has 5 heteroatoms. The van der Waals surface area contributed by atoms with Gasteiger partial charge in [-0.05, 0) is 12.1 Å². The largest absolute Gasteiger partial charge is 0.464 e. The quantitative estimate of drug-likeness (QED) is 0.680. The molecule has 0 amide bonds. The van der Waals surface area contributed by atoms with Crippen LogP contribution in [0.2, 0.25) is 0 Å². The standard InChI is InChI=1S/C8H6O.CH4O3S/c1-2-4-8-7(3-1)5-6-9-8;1-5(2,3)4/h1-6H;1H3,(H,2,3,4). The highest BCUT2D eigenvalue weighted by molar-refractivity contribution is 7.85. The molecule has 0 bridgehead atoms. The van der Waals surface area contributed by atoms with E-state index in [-0.39, 0.29) is 0 Å². The molecule has 0 radical (unpaired) electrons. The summed E-state index contributed by atoms with van der Waals surface area (Å²) in [4.78, 5) is 0. The minimum Gasteiger partial charge on any atom is -0.464 e. The zero-order chi connectivity index (χ0) is 10.6. The van der Waals surface area contributed by atoms with E-state index in [1.54, 1.807) is 6.26 Å². The SMILES string of the molecule is CS(=O)(=O)O.c1ccc2occc2c1. The van der Waals surface area contributed by atoms with Crippen LogP contribution in [-0.4, -0.2) is 19.2 Å². The van der Waals surface area contributed by atoms with E-state index in [0.717, 1.165) is 11.0 Å². The molecule has 0 aliphatic rings. The van der Waals surface area contributed by atoms with Crippen molar-refractivity contribution < 1.29 is 17.4 Å². The van der Waals surface area contributed by atoms with Crippen LogP contribution in [0.15, 0.2) is 41.0 Å². The van der Waals surface area contributed by atoms with Gasteiger partial charge in [-0.2, -0.15) is 8.42 Å². The van der Waals surface area contributed by atoms with Crippen molar-refractivity contribution in [2.75, 3.05) is 6.26 Å². The highest BCUT2D eigenvalue weighted by atomic mass is 32.2. The molecule has 0 unspecified atom stereocenters. The summed E-state index contributed by atoms with van der Waals surface area (Å²) in [6.45, 7) is 0. The number of para-hydroxylation sites is 1. The third-order valence-corrected chi connectivity index (χ3v) is 1.36. The smallest absolute Gasteiger partial charge is 0.261 e. The number of rotatable bonds is 0. The van der Waals surface area contributed by atoms with Gasteiger partial charge in [0, 0.05) is 5.39 Å². The molecule has 14 heavy (non-hydrogen) atoms. The monoisotopic (exact) mass is 214 g/mol. The Morgan fingerprint density at radius 3 is 2.36 bits per heavy atom. The lowest BCUT2D eigenvalue weighted by atomic mass is 10.3. The van der Waals surface area contributed by atoms with E-state index in [1.807, 2.05) is 30.3 Å². The van der Waals surface area contributed by atoms with Gasteiger partial charge in [0.2, 0.25) is 0 Å². The molecule has 1 aromatic carbocycles. The Hall–Kier alpha value is -1.33. The molecule has 0 spiro atoms. The number of furan rings is 1. The van der Waals surface area contributed by atoms with Gasteiger partial charge in [0.25, 0.3) is 10.1 Å². The van der Waals surface area contributed by atoms with Crippen molar-refractivity contribution in [1.82, 2.24) is 0 Å². The molecule has 2 rings (SSSR count). The van der Waals surface area contributed by atoms with Gasteiger partial charge in [-0.3, -0.25) is 4.55 Å². The average Bonchev–Trinajstić information content (AvgIpc) is 2.47. The van der Waals surface area contributed by atoms with E-state index in [0.29, 0.717) is 6.26 Å². The fourth-order valence-corrected chi connectivity index (χ4v) is 0.906. The molecule has 2 aromatic rings. The Bertz CT molecular complexity index is 460. The van der Waals surface area contributed by atoms with Crippen LogP contribution in [0, 0.1) is 0 Å². The van der Waals surface area contributed by atoms with Crippen LogP contribution in [0.1, 0.15) is 0 Å². The molecule has 0 aliphatic carbocycles. The van der Waals surface area contributed by atoms with Crippen LogP contribution in [0.5, 0.6) is 0 Å². The first kappa shape index (κ1) is 10.7. The highest BCUT2D eigenvalue weighted by Gasteiger charge is 1.89. The number of fused-ring (bicyclic) bond motifs is 1. The summed E-state index contributed by atoms with van der Waals surface area (Å²) in [6.07, 6.45) is 2.41. The molecule has 4 nitrogen and oxygen atoms in total. The van der Waals surface area contributed by atoms with E-state index in [4.69, 9.17) is 8.97 Å². The topological polar surface area (TPSA) is 67.5 Å². The van der Waals surface area contributed by atoms with E-state index in [2.05, 4.69) is 0 Å². The van der Waals surface area contributed by atoms with Crippen LogP contribution < -0.4 is 0 Å². The van der Waals surface area contributed by atoms with Gasteiger partial charge < -0.3 is 4.42 Å². The predicted octanol–water partition coefficient (Wildman–Crippen LogP) is 1.94. The fourth-order valence-electron chi connectivity index (χ4n) is 0.906. The molecule has 0 atom stereocenters. The Morgan fingerprint density at radius 2 is 1.79 bits per heavy atom. The highest BCUT2D eigenvalue weighted by Crippen LogP contribution is 2.12. The normalized spacial score (nSPS) is 10.7. The van der Waals surface area contributed by atoms with Gasteiger partial charge in [0.15, 0.2) is 0 Å². The average molecular weight is 214 g/mol. The first-order valence-electron chi connectivity index (χ1n) is 3.81. The zero-order valence-electron chi connectivity index (χ0n) is 7.54. The Kier molecular flexibility index (Phi) is 3.27. The second-order valence-corrected chi connectivity index (χ2v) is 4.16.